The molecule has 6 heteroatoms. The lowest BCUT2D eigenvalue weighted by Gasteiger charge is -2.18. The number of hydrogen-bond acceptors (Lipinski definition) is 3. The van der Waals surface area contributed by atoms with Gasteiger partial charge in [0.05, 0.1) is 11.2 Å². The van der Waals surface area contributed by atoms with Gasteiger partial charge in [-0.1, -0.05) is 12.2 Å². The van der Waals surface area contributed by atoms with Crippen LogP contribution in [0.1, 0.15) is 12.8 Å². The van der Waals surface area contributed by atoms with Crippen LogP contribution in [0.3, 0.4) is 0 Å². The number of carbonyl (C=O) groups excluding carboxylic acids is 2. The van der Waals surface area contributed by atoms with E-state index < -0.39 is 11.8 Å². The van der Waals surface area contributed by atoms with E-state index in [4.69, 9.17) is 0 Å². The first-order valence-electron chi connectivity index (χ1n) is 7.89. The molecule has 3 N–H and O–H groups in total. The maximum Gasteiger partial charge on any atom is 0.313 e. The number of H-pyrrole nitrogens is 1. The van der Waals surface area contributed by atoms with Crippen molar-refractivity contribution in [1.82, 2.24) is 15.3 Å². The van der Waals surface area contributed by atoms with E-state index in [1.54, 1.807) is 18.6 Å². The van der Waals surface area contributed by atoms with Crippen LogP contribution in [0.5, 0.6) is 0 Å². The summed E-state index contributed by atoms with van der Waals surface area (Å²) in [6.07, 6.45) is 11.8. The van der Waals surface area contributed by atoms with Gasteiger partial charge in [0.15, 0.2) is 0 Å². The zero-order valence-corrected chi connectivity index (χ0v) is 12.6. The monoisotopic (exact) mass is 310 g/mol. The van der Waals surface area contributed by atoms with Crippen LogP contribution in [-0.2, 0) is 9.59 Å². The van der Waals surface area contributed by atoms with E-state index in [1.165, 1.54) is 6.42 Å². The summed E-state index contributed by atoms with van der Waals surface area (Å²) in [7, 11) is 0. The summed E-state index contributed by atoms with van der Waals surface area (Å²) in [6, 6.07) is 1.81. The molecule has 4 rings (SSSR count). The van der Waals surface area contributed by atoms with E-state index in [0.29, 0.717) is 30.0 Å². The van der Waals surface area contributed by atoms with Gasteiger partial charge in [-0.25, -0.2) is 0 Å². The van der Waals surface area contributed by atoms with Crippen molar-refractivity contribution in [3.05, 3.63) is 36.8 Å². The highest BCUT2D eigenvalue weighted by Gasteiger charge is 2.35. The van der Waals surface area contributed by atoms with E-state index >= 15 is 0 Å². The van der Waals surface area contributed by atoms with Crippen LogP contribution in [0.15, 0.2) is 36.8 Å². The predicted molar refractivity (Wildman–Crippen MR) is 86.6 cm³/mol. The number of hydrogen-bond donors (Lipinski definition) is 3. The number of carbonyl (C=O) groups is 2. The molecule has 0 spiro atoms. The zero-order chi connectivity index (χ0) is 15.8. The second-order valence-electron chi connectivity index (χ2n) is 6.33. The summed E-state index contributed by atoms with van der Waals surface area (Å²) in [5, 5.41) is 6.18. The van der Waals surface area contributed by atoms with Crippen LogP contribution in [0.4, 0.5) is 5.69 Å². The van der Waals surface area contributed by atoms with Gasteiger partial charge in [0.1, 0.15) is 0 Å². The van der Waals surface area contributed by atoms with Crippen molar-refractivity contribution < 1.29 is 9.59 Å². The normalized spacial score (nSPS) is 25.0. The van der Waals surface area contributed by atoms with E-state index in [9.17, 15) is 9.59 Å². The molecule has 3 atom stereocenters. The van der Waals surface area contributed by atoms with Crippen molar-refractivity contribution in [3.8, 4) is 0 Å². The van der Waals surface area contributed by atoms with Crippen LogP contribution in [-0.4, -0.2) is 28.3 Å². The number of aromatic amines is 1. The summed E-state index contributed by atoms with van der Waals surface area (Å²) in [5.74, 6) is 0.444. The molecule has 1 fully saturated rings. The fourth-order valence-corrected chi connectivity index (χ4v) is 3.68. The number of allylic oxidation sites excluding steroid dienone is 2. The van der Waals surface area contributed by atoms with Crippen molar-refractivity contribution in [2.75, 3.05) is 11.9 Å². The molecular weight excluding hydrogens is 292 g/mol. The van der Waals surface area contributed by atoms with Crippen molar-refractivity contribution >= 4 is 28.4 Å². The van der Waals surface area contributed by atoms with Gasteiger partial charge in [-0.2, -0.15) is 0 Å². The lowest BCUT2D eigenvalue weighted by Crippen LogP contribution is -2.38. The fraction of sp³-hybridized carbons (Fsp3) is 0.353. The van der Waals surface area contributed by atoms with Crippen molar-refractivity contribution in [3.63, 3.8) is 0 Å². The molecule has 2 aliphatic rings. The third-order valence-corrected chi connectivity index (χ3v) is 4.88. The molecule has 118 valence electrons. The fourth-order valence-electron chi connectivity index (χ4n) is 3.68. The Morgan fingerprint density at radius 1 is 1.26 bits per heavy atom. The van der Waals surface area contributed by atoms with Gasteiger partial charge in [-0.05, 0) is 36.7 Å². The maximum atomic E-state index is 12.0. The first-order chi connectivity index (χ1) is 11.2. The Morgan fingerprint density at radius 2 is 2.17 bits per heavy atom. The number of nitrogens with zero attached hydrogens (tertiary/aromatic N) is 1. The SMILES string of the molecule is O=C(NCC1CC2C=CC1C2)C(=O)Nc1c[nH]c2ccncc12. The molecule has 1 saturated carbocycles. The van der Waals surface area contributed by atoms with Crippen LogP contribution < -0.4 is 10.6 Å². The Hall–Kier alpha value is -2.63. The summed E-state index contributed by atoms with van der Waals surface area (Å²) in [6.45, 7) is 0.563. The minimum atomic E-state index is -0.645. The largest absolute Gasteiger partial charge is 0.359 e. The lowest BCUT2D eigenvalue weighted by atomic mass is 9.94. The molecule has 2 aromatic rings. The van der Waals surface area contributed by atoms with Crippen molar-refractivity contribution in [1.29, 1.82) is 0 Å². The van der Waals surface area contributed by atoms with Crippen LogP contribution >= 0.6 is 0 Å². The maximum absolute atomic E-state index is 12.0. The minimum absolute atomic E-state index is 0.457. The molecule has 2 aliphatic carbocycles. The molecule has 23 heavy (non-hydrogen) atoms. The Morgan fingerprint density at radius 3 is 2.96 bits per heavy atom. The number of aromatic nitrogens is 2. The summed E-state index contributed by atoms with van der Waals surface area (Å²) >= 11 is 0. The smallest absolute Gasteiger partial charge is 0.313 e. The third-order valence-electron chi connectivity index (χ3n) is 4.88. The van der Waals surface area contributed by atoms with Crippen LogP contribution in [0, 0.1) is 17.8 Å². The molecule has 0 saturated heterocycles. The number of amides is 2. The van der Waals surface area contributed by atoms with Gasteiger partial charge in [-0.3, -0.25) is 14.6 Å². The van der Waals surface area contributed by atoms with E-state index in [2.05, 4.69) is 32.8 Å². The molecule has 2 heterocycles. The molecule has 3 unspecified atom stereocenters. The standard InChI is InChI=1S/C17H18N4O2/c22-16(20-7-12-6-10-1-2-11(12)5-10)17(23)21-15-9-19-14-3-4-18-8-13(14)15/h1-4,8-12,19H,5-7H2,(H,20,22)(H,21,23). The second-order valence-corrected chi connectivity index (χ2v) is 6.33. The number of anilines is 1. The molecule has 0 aromatic carbocycles. The molecule has 2 amide bonds. The van der Waals surface area contributed by atoms with Gasteiger partial charge in [0, 0.05) is 30.5 Å². The molecular formula is C17H18N4O2. The van der Waals surface area contributed by atoms with Gasteiger partial charge in [0.25, 0.3) is 0 Å². The highest BCUT2D eigenvalue weighted by atomic mass is 16.2. The quantitative estimate of drug-likeness (QED) is 0.597. The van der Waals surface area contributed by atoms with Gasteiger partial charge < -0.3 is 15.6 Å². The number of pyridine rings is 1. The summed E-state index contributed by atoms with van der Waals surface area (Å²) in [5.41, 5.74) is 1.43. The number of fused-ring (bicyclic) bond motifs is 3. The first-order valence-corrected chi connectivity index (χ1v) is 7.89. The van der Waals surface area contributed by atoms with Gasteiger partial charge in [-0.15, -0.1) is 0 Å². The highest BCUT2D eigenvalue weighted by Crippen LogP contribution is 2.42. The van der Waals surface area contributed by atoms with Crippen LogP contribution in [0.2, 0.25) is 0 Å². The Labute approximate surface area is 133 Å². The first kappa shape index (κ1) is 14.0. The summed E-state index contributed by atoms with van der Waals surface area (Å²) < 4.78 is 0. The van der Waals surface area contributed by atoms with E-state index in [-0.39, 0.29) is 0 Å². The third kappa shape index (κ3) is 2.60. The summed E-state index contributed by atoms with van der Waals surface area (Å²) in [4.78, 5) is 31.1. The Bertz CT molecular complexity index is 795. The molecule has 2 aromatic heterocycles. The van der Waals surface area contributed by atoms with Crippen molar-refractivity contribution in [2.24, 2.45) is 17.8 Å². The average molecular weight is 310 g/mol. The second kappa shape index (κ2) is 5.53. The minimum Gasteiger partial charge on any atom is -0.359 e. The van der Waals surface area contributed by atoms with Gasteiger partial charge >= 0.3 is 11.8 Å². The Balaban J connectivity index is 1.35. The topological polar surface area (TPSA) is 86.9 Å². The van der Waals surface area contributed by atoms with Crippen molar-refractivity contribution in [2.45, 2.75) is 12.8 Å². The van der Waals surface area contributed by atoms with Crippen LogP contribution in [0.25, 0.3) is 10.9 Å². The van der Waals surface area contributed by atoms with E-state index in [0.717, 1.165) is 17.3 Å². The molecule has 6 nitrogen and oxygen atoms in total. The molecule has 2 bridgehead atoms. The highest BCUT2D eigenvalue weighted by molar-refractivity contribution is 6.40. The molecule has 0 aliphatic heterocycles. The predicted octanol–water partition coefficient (Wildman–Crippen LogP) is 1.83. The molecule has 0 radical (unpaired) electrons. The van der Waals surface area contributed by atoms with Gasteiger partial charge in [0.2, 0.25) is 0 Å². The lowest BCUT2D eigenvalue weighted by molar-refractivity contribution is -0.136. The number of rotatable bonds is 3. The average Bonchev–Trinajstić information content (AvgIpc) is 3.28. The zero-order valence-electron chi connectivity index (χ0n) is 12.6. The Kier molecular flexibility index (Phi) is 3.37. The number of nitrogens with one attached hydrogen (secondary N) is 3. The van der Waals surface area contributed by atoms with E-state index in [1.807, 2.05) is 6.07 Å².